The Kier molecular flexibility index (Phi) is 3.44. The zero-order valence-corrected chi connectivity index (χ0v) is 9.59. The molecule has 0 bridgehead atoms. The van der Waals surface area contributed by atoms with Crippen LogP contribution >= 0.6 is 0 Å². The summed E-state index contributed by atoms with van der Waals surface area (Å²) in [5, 5.41) is 3.12. The van der Waals surface area contributed by atoms with Crippen molar-refractivity contribution in [2.75, 3.05) is 13.1 Å². The van der Waals surface area contributed by atoms with Crippen LogP contribution in [0.15, 0.2) is 24.3 Å². The molecule has 0 aromatic heterocycles. The molecule has 0 saturated carbocycles. The molecule has 1 nitrogen and oxygen atoms in total. The number of hydrogen-bond acceptors (Lipinski definition) is 1. The molecule has 1 aromatic carbocycles. The average Bonchev–Trinajstić information content (AvgIpc) is 2.25. The fourth-order valence-corrected chi connectivity index (χ4v) is 1.73. The van der Waals surface area contributed by atoms with Crippen molar-refractivity contribution < 1.29 is 13.2 Å². The molecule has 0 radical (unpaired) electrons. The molecule has 0 aliphatic carbocycles. The molecule has 0 atom stereocenters. The van der Waals surface area contributed by atoms with Crippen LogP contribution in [0.25, 0.3) is 6.08 Å². The van der Waals surface area contributed by atoms with E-state index in [9.17, 15) is 13.2 Å². The quantitative estimate of drug-likeness (QED) is 0.797. The highest BCUT2D eigenvalue weighted by molar-refractivity contribution is 5.56. The van der Waals surface area contributed by atoms with Gasteiger partial charge in [0, 0.05) is 24.6 Å². The van der Waals surface area contributed by atoms with Crippen LogP contribution in [-0.2, 0) is 6.18 Å². The lowest BCUT2D eigenvalue weighted by atomic mass is 9.99. The molecule has 1 N–H and O–H groups in total. The van der Waals surface area contributed by atoms with Gasteiger partial charge >= 0.3 is 6.18 Å². The van der Waals surface area contributed by atoms with E-state index in [0.717, 1.165) is 19.2 Å². The summed E-state index contributed by atoms with van der Waals surface area (Å²) in [5.74, 6) is 2.55. The Labute approximate surface area is 104 Å². The topological polar surface area (TPSA) is 12.0 Å². The highest BCUT2D eigenvalue weighted by Gasteiger charge is 2.32. The molecule has 2 rings (SSSR count). The minimum atomic E-state index is -4.40. The zero-order valence-electron chi connectivity index (χ0n) is 9.59. The van der Waals surface area contributed by atoms with E-state index in [4.69, 9.17) is 6.42 Å². The van der Waals surface area contributed by atoms with E-state index in [1.165, 1.54) is 12.1 Å². The standard InChI is InChI=1S/C14H12F3N/c1-2-12-7-10(3-4-11-8-18-9-11)5-6-13(12)14(15,16)17/h1,3-7,11,18H,8-9H2/b4-3+. The molecule has 18 heavy (non-hydrogen) atoms. The Bertz CT molecular complexity index is 505. The van der Waals surface area contributed by atoms with E-state index < -0.39 is 11.7 Å². The molecule has 1 aliphatic rings. The molecule has 0 unspecified atom stereocenters. The van der Waals surface area contributed by atoms with Gasteiger partial charge in [0.2, 0.25) is 0 Å². The lowest BCUT2D eigenvalue weighted by Crippen LogP contribution is -2.40. The van der Waals surface area contributed by atoms with Gasteiger partial charge in [-0.3, -0.25) is 0 Å². The molecule has 94 valence electrons. The molecular weight excluding hydrogens is 239 g/mol. The first-order valence-corrected chi connectivity index (χ1v) is 5.57. The SMILES string of the molecule is C#Cc1cc(/C=C/C2CNC2)ccc1C(F)(F)F. The van der Waals surface area contributed by atoms with Crippen LogP contribution in [0.5, 0.6) is 0 Å². The minimum Gasteiger partial charge on any atom is -0.315 e. The summed E-state index contributed by atoms with van der Waals surface area (Å²) < 4.78 is 37.9. The summed E-state index contributed by atoms with van der Waals surface area (Å²) in [6.45, 7) is 1.83. The van der Waals surface area contributed by atoms with Crippen LogP contribution in [0, 0.1) is 18.3 Å². The maximum Gasteiger partial charge on any atom is 0.417 e. The van der Waals surface area contributed by atoms with Gasteiger partial charge in [-0.15, -0.1) is 6.42 Å². The smallest absolute Gasteiger partial charge is 0.315 e. The molecule has 1 aromatic rings. The lowest BCUT2D eigenvalue weighted by Gasteiger charge is -2.23. The fraction of sp³-hybridized carbons (Fsp3) is 0.286. The first kappa shape index (κ1) is 12.7. The molecule has 1 saturated heterocycles. The van der Waals surface area contributed by atoms with Crippen LogP contribution in [-0.4, -0.2) is 13.1 Å². The van der Waals surface area contributed by atoms with Gasteiger partial charge in [-0.2, -0.15) is 13.2 Å². The number of benzene rings is 1. The Balaban J connectivity index is 2.25. The Morgan fingerprint density at radius 2 is 2.06 bits per heavy atom. The van der Waals surface area contributed by atoms with Crippen molar-refractivity contribution in [1.29, 1.82) is 0 Å². The maximum atomic E-state index is 12.6. The van der Waals surface area contributed by atoms with E-state index >= 15 is 0 Å². The molecule has 1 aliphatic heterocycles. The minimum absolute atomic E-state index is 0.114. The second kappa shape index (κ2) is 4.87. The van der Waals surface area contributed by atoms with Gasteiger partial charge in [-0.25, -0.2) is 0 Å². The largest absolute Gasteiger partial charge is 0.417 e. The van der Waals surface area contributed by atoms with Gasteiger partial charge in [0.25, 0.3) is 0 Å². The third kappa shape index (κ3) is 2.74. The molecular formula is C14H12F3N. The summed E-state index contributed by atoms with van der Waals surface area (Å²) in [4.78, 5) is 0. The summed E-state index contributed by atoms with van der Waals surface area (Å²) in [6.07, 6.45) is 4.52. The number of terminal acetylenes is 1. The summed E-state index contributed by atoms with van der Waals surface area (Å²) >= 11 is 0. The molecule has 4 heteroatoms. The normalized spacial score (nSPS) is 16.6. The van der Waals surface area contributed by atoms with Gasteiger partial charge in [0.1, 0.15) is 0 Å². The predicted molar refractivity (Wildman–Crippen MR) is 64.8 cm³/mol. The van der Waals surface area contributed by atoms with Crippen molar-refractivity contribution >= 4 is 6.08 Å². The van der Waals surface area contributed by atoms with Gasteiger partial charge in [0.15, 0.2) is 0 Å². The van der Waals surface area contributed by atoms with E-state index in [0.29, 0.717) is 11.5 Å². The van der Waals surface area contributed by atoms with E-state index in [1.807, 2.05) is 12.2 Å². The fourth-order valence-electron chi connectivity index (χ4n) is 1.73. The molecule has 0 spiro atoms. The monoisotopic (exact) mass is 251 g/mol. The van der Waals surface area contributed by atoms with Crippen molar-refractivity contribution in [2.45, 2.75) is 6.18 Å². The number of nitrogens with one attached hydrogen (secondary N) is 1. The summed E-state index contributed by atoms with van der Waals surface area (Å²) in [7, 11) is 0. The van der Waals surface area contributed by atoms with E-state index in [2.05, 4.69) is 11.2 Å². The highest BCUT2D eigenvalue weighted by Crippen LogP contribution is 2.32. The summed E-state index contributed by atoms with van der Waals surface area (Å²) in [5.41, 5.74) is -0.174. The predicted octanol–water partition coefficient (Wildman–Crippen LogP) is 2.92. The summed E-state index contributed by atoms with van der Waals surface area (Å²) in [6, 6.07) is 3.87. The first-order valence-electron chi connectivity index (χ1n) is 5.57. The lowest BCUT2D eigenvalue weighted by molar-refractivity contribution is -0.137. The number of halogens is 3. The van der Waals surface area contributed by atoms with E-state index in [1.54, 1.807) is 0 Å². The van der Waals surface area contributed by atoms with Crippen molar-refractivity contribution in [3.05, 3.63) is 41.0 Å². The van der Waals surface area contributed by atoms with Crippen molar-refractivity contribution in [3.63, 3.8) is 0 Å². The second-order valence-electron chi connectivity index (χ2n) is 4.22. The first-order chi connectivity index (χ1) is 8.50. The van der Waals surface area contributed by atoms with Crippen molar-refractivity contribution in [1.82, 2.24) is 5.32 Å². The molecule has 0 amide bonds. The van der Waals surface area contributed by atoms with Gasteiger partial charge in [0.05, 0.1) is 5.56 Å². The number of alkyl halides is 3. The van der Waals surface area contributed by atoms with Crippen LogP contribution in [0.4, 0.5) is 13.2 Å². The second-order valence-corrected chi connectivity index (χ2v) is 4.22. The average molecular weight is 251 g/mol. The van der Waals surface area contributed by atoms with Crippen LogP contribution in [0.1, 0.15) is 16.7 Å². The number of hydrogen-bond donors (Lipinski definition) is 1. The van der Waals surface area contributed by atoms with Crippen LogP contribution in [0.3, 0.4) is 0 Å². The van der Waals surface area contributed by atoms with E-state index in [-0.39, 0.29) is 5.56 Å². The van der Waals surface area contributed by atoms with Gasteiger partial charge < -0.3 is 5.32 Å². The Morgan fingerprint density at radius 1 is 1.33 bits per heavy atom. The maximum absolute atomic E-state index is 12.6. The van der Waals surface area contributed by atoms with Gasteiger partial charge in [-0.1, -0.05) is 24.1 Å². The molecule has 1 heterocycles. The Morgan fingerprint density at radius 3 is 2.56 bits per heavy atom. The van der Waals surface area contributed by atoms with Gasteiger partial charge in [-0.05, 0) is 17.7 Å². The van der Waals surface area contributed by atoms with Crippen LogP contribution in [0.2, 0.25) is 0 Å². The highest BCUT2D eigenvalue weighted by atomic mass is 19.4. The van der Waals surface area contributed by atoms with Crippen molar-refractivity contribution in [3.8, 4) is 12.3 Å². The zero-order chi connectivity index (χ0) is 13.2. The third-order valence-corrected chi connectivity index (χ3v) is 2.88. The molecule has 1 fully saturated rings. The third-order valence-electron chi connectivity index (χ3n) is 2.88. The van der Waals surface area contributed by atoms with Crippen LogP contribution < -0.4 is 5.32 Å². The van der Waals surface area contributed by atoms with Crippen molar-refractivity contribution in [2.24, 2.45) is 5.92 Å². The Hall–Kier alpha value is -1.73. The number of rotatable bonds is 2.